The molecule has 0 aliphatic carbocycles. The first-order chi connectivity index (χ1) is 8.77. The van der Waals surface area contributed by atoms with Crippen LogP contribution in [0.4, 0.5) is 0 Å². The molecular weight excluding hydrogens is 271 g/mol. The van der Waals surface area contributed by atoms with E-state index in [9.17, 15) is 4.79 Å². The van der Waals surface area contributed by atoms with Gasteiger partial charge in [-0.2, -0.15) is 0 Å². The molecule has 0 fully saturated rings. The van der Waals surface area contributed by atoms with Gasteiger partial charge in [-0.05, 0) is 24.3 Å². The fourth-order valence-corrected chi connectivity index (χ4v) is 2.12. The van der Waals surface area contributed by atoms with Gasteiger partial charge in [0.15, 0.2) is 0 Å². The molecule has 5 heteroatoms. The zero-order valence-electron chi connectivity index (χ0n) is 9.58. The van der Waals surface area contributed by atoms with Gasteiger partial charge < -0.3 is 9.84 Å². The van der Waals surface area contributed by atoms with Crippen molar-refractivity contribution >= 4 is 47.3 Å². The number of carbonyl (C=O) groups is 1. The van der Waals surface area contributed by atoms with Crippen molar-refractivity contribution in [1.29, 1.82) is 0 Å². The van der Waals surface area contributed by atoms with Gasteiger partial charge in [0.25, 0.3) is 0 Å². The van der Waals surface area contributed by atoms with Crippen molar-refractivity contribution in [1.82, 2.24) is 0 Å². The number of carboxylic acid groups (broad SMARTS) is 1. The molecule has 2 aromatic rings. The van der Waals surface area contributed by atoms with Crippen molar-refractivity contribution in [3.63, 3.8) is 0 Å². The molecular formula is C14H13NaO3S. The van der Waals surface area contributed by atoms with E-state index < -0.39 is 5.97 Å². The summed E-state index contributed by atoms with van der Waals surface area (Å²) in [4.78, 5) is 12.1. The average molecular weight is 284 g/mol. The van der Waals surface area contributed by atoms with Gasteiger partial charge in [0, 0.05) is 4.90 Å². The third-order valence-corrected chi connectivity index (χ3v) is 3.14. The summed E-state index contributed by atoms with van der Waals surface area (Å²) < 4.78 is 5.48. The summed E-state index contributed by atoms with van der Waals surface area (Å²) in [6, 6.07) is 16.5. The molecule has 0 amide bonds. The number of carboxylic acids is 1. The fourth-order valence-electron chi connectivity index (χ4n) is 1.45. The molecule has 0 aliphatic heterocycles. The second-order valence-electron chi connectivity index (χ2n) is 3.52. The molecule has 0 aliphatic rings. The Morgan fingerprint density at radius 1 is 1.05 bits per heavy atom. The van der Waals surface area contributed by atoms with Crippen LogP contribution in [0.25, 0.3) is 0 Å². The van der Waals surface area contributed by atoms with Gasteiger partial charge in [0.05, 0.1) is 0 Å². The third-order valence-electron chi connectivity index (χ3n) is 2.30. The van der Waals surface area contributed by atoms with Gasteiger partial charge in [-0.1, -0.05) is 42.1 Å². The van der Waals surface area contributed by atoms with E-state index in [-0.39, 0.29) is 35.1 Å². The molecule has 2 rings (SSSR count). The summed E-state index contributed by atoms with van der Waals surface area (Å²) in [5.74, 6) is -0.197. The Kier molecular flexibility index (Phi) is 7.02. The monoisotopic (exact) mass is 284 g/mol. The Labute approximate surface area is 138 Å². The van der Waals surface area contributed by atoms with Crippen molar-refractivity contribution in [2.45, 2.75) is 4.90 Å². The Morgan fingerprint density at radius 2 is 1.68 bits per heavy atom. The van der Waals surface area contributed by atoms with Crippen molar-refractivity contribution < 1.29 is 14.6 Å². The predicted molar refractivity (Wildman–Crippen MR) is 78.3 cm³/mol. The molecule has 19 heavy (non-hydrogen) atoms. The normalized spacial score (nSPS) is 9.47. The maximum absolute atomic E-state index is 11.0. The van der Waals surface area contributed by atoms with Crippen LogP contribution in [0.2, 0.25) is 0 Å². The fraction of sp³-hybridized carbons (Fsp3) is 0.0714. The molecule has 0 unspecified atom stereocenters. The van der Waals surface area contributed by atoms with Crippen LogP contribution in [0.1, 0.15) is 10.4 Å². The predicted octanol–water partition coefficient (Wildman–Crippen LogP) is 2.86. The topological polar surface area (TPSA) is 46.5 Å². The second kappa shape index (κ2) is 8.27. The van der Waals surface area contributed by atoms with Crippen LogP contribution < -0.4 is 4.74 Å². The molecule has 0 saturated heterocycles. The maximum atomic E-state index is 11.0. The minimum absolute atomic E-state index is 0. The standard InChI is InChI=1S/C14H12O3S.Na.H/c15-14(16)12-8-4-5-9-13(12)17-10-18-11-6-2-1-3-7-11;;/h1-9H,10H2,(H,15,16);;. The zero-order valence-corrected chi connectivity index (χ0v) is 10.4. The average Bonchev–Trinajstić information content (AvgIpc) is 2.40. The number of rotatable bonds is 5. The van der Waals surface area contributed by atoms with Crippen molar-refractivity contribution in [3.8, 4) is 5.75 Å². The number of benzene rings is 2. The molecule has 1 N–H and O–H groups in total. The molecule has 3 nitrogen and oxygen atoms in total. The van der Waals surface area contributed by atoms with E-state index >= 15 is 0 Å². The minimum atomic E-state index is -0.977. The van der Waals surface area contributed by atoms with E-state index in [1.807, 2.05) is 30.3 Å². The molecule has 2 aromatic carbocycles. The summed E-state index contributed by atoms with van der Waals surface area (Å²) in [5.41, 5.74) is 0.186. The van der Waals surface area contributed by atoms with Gasteiger partial charge in [0.2, 0.25) is 0 Å². The van der Waals surface area contributed by atoms with Crippen LogP contribution >= 0.6 is 11.8 Å². The molecule has 0 bridgehead atoms. The van der Waals surface area contributed by atoms with Crippen LogP contribution in [-0.2, 0) is 0 Å². The van der Waals surface area contributed by atoms with Crippen LogP contribution in [0.3, 0.4) is 0 Å². The van der Waals surface area contributed by atoms with E-state index in [0.717, 1.165) is 4.90 Å². The molecule has 0 atom stereocenters. The van der Waals surface area contributed by atoms with E-state index in [0.29, 0.717) is 11.7 Å². The summed E-state index contributed by atoms with van der Waals surface area (Å²) in [7, 11) is 0. The number of hydrogen-bond acceptors (Lipinski definition) is 3. The number of thioether (sulfide) groups is 1. The van der Waals surface area contributed by atoms with Gasteiger partial charge in [0.1, 0.15) is 17.3 Å². The quantitative estimate of drug-likeness (QED) is 0.521. The molecule has 0 aromatic heterocycles. The van der Waals surface area contributed by atoms with Crippen molar-refractivity contribution in [3.05, 3.63) is 60.2 Å². The third kappa shape index (κ3) is 4.91. The Balaban J connectivity index is 0.00000180. The number of ether oxygens (including phenoxy) is 1. The first-order valence-corrected chi connectivity index (χ1v) is 6.39. The number of para-hydroxylation sites is 1. The number of hydrogen-bond donors (Lipinski definition) is 1. The van der Waals surface area contributed by atoms with Crippen molar-refractivity contribution in [2.75, 3.05) is 5.94 Å². The van der Waals surface area contributed by atoms with Crippen molar-refractivity contribution in [2.24, 2.45) is 0 Å². The van der Waals surface area contributed by atoms with E-state index in [1.54, 1.807) is 18.2 Å². The van der Waals surface area contributed by atoms with Crippen LogP contribution in [0.5, 0.6) is 5.75 Å². The van der Waals surface area contributed by atoms with E-state index in [2.05, 4.69) is 0 Å². The Bertz CT molecular complexity index is 531. The summed E-state index contributed by atoms with van der Waals surface area (Å²) >= 11 is 1.52. The first-order valence-electron chi connectivity index (χ1n) is 5.40. The van der Waals surface area contributed by atoms with Crippen LogP contribution in [-0.4, -0.2) is 46.6 Å². The van der Waals surface area contributed by atoms with Gasteiger partial charge in [-0.25, -0.2) is 4.79 Å². The van der Waals surface area contributed by atoms with Crippen LogP contribution in [0, 0.1) is 0 Å². The molecule has 0 spiro atoms. The SMILES string of the molecule is O=C(O)c1ccccc1OCSc1ccccc1.[NaH]. The molecule has 0 radical (unpaired) electrons. The van der Waals surface area contributed by atoms with E-state index in [1.165, 1.54) is 17.8 Å². The second-order valence-corrected chi connectivity index (χ2v) is 4.52. The summed E-state index contributed by atoms with van der Waals surface area (Å²) in [6.45, 7) is 0. The molecule has 0 heterocycles. The zero-order chi connectivity index (χ0) is 12.8. The number of aromatic carboxylic acids is 1. The van der Waals surface area contributed by atoms with Crippen LogP contribution in [0.15, 0.2) is 59.5 Å². The Morgan fingerprint density at radius 3 is 2.37 bits per heavy atom. The molecule has 0 saturated carbocycles. The summed E-state index contributed by atoms with van der Waals surface area (Å²) in [5, 5.41) is 9.00. The molecule has 94 valence electrons. The summed E-state index contributed by atoms with van der Waals surface area (Å²) in [6.07, 6.45) is 0. The van der Waals surface area contributed by atoms with Gasteiger partial charge in [-0.15, -0.1) is 0 Å². The van der Waals surface area contributed by atoms with E-state index in [4.69, 9.17) is 9.84 Å². The van der Waals surface area contributed by atoms with Gasteiger partial charge in [-0.3, -0.25) is 0 Å². The first kappa shape index (κ1) is 16.1. The van der Waals surface area contributed by atoms with Gasteiger partial charge >= 0.3 is 35.5 Å². The Hall–Kier alpha value is -0.940.